The average molecular weight is 589 g/mol. The van der Waals surface area contributed by atoms with Gasteiger partial charge in [0, 0.05) is 60.2 Å². The summed E-state index contributed by atoms with van der Waals surface area (Å²) >= 11 is 4.24. The van der Waals surface area contributed by atoms with Gasteiger partial charge in [-0.2, -0.15) is 0 Å². The van der Waals surface area contributed by atoms with E-state index in [-0.39, 0.29) is 23.8 Å². The first-order valence-electron chi connectivity index (χ1n) is 13.5. The smallest absolute Gasteiger partial charge is 0.175 e. The largest absolute Gasteiger partial charge is 0.376 e. The Balaban J connectivity index is 1.13. The summed E-state index contributed by atoms with van der Waals surface area (Å²) in [4.78, 5) is 26.0. The molecular weight excluding hydrogens is 553 g/mol. The minimum absolute atomic E-state index is 0.0876. The molecule has 2 aliphatic heterocycles. The summed E-state index contributed by atoms with van der Waals surface area (Å²) in [5.41, 5.74) is 5.69. The van der Waals surface area contributed by atoms with Crippen LogP contribution in [0.25, 0.3) is 0 Å². The predicted octanol–water partition coefficient (Wildman–Crippen LogP) is 5.68. The highest BCUT2D eigenvalue weighted by molar-refractivity contribution is 8.03. The van der Waals surface area contributed by atoms with Gasteiger partial charge in [-0.15, -0.1) is 10.2 Å². The molecule has 0 radical (unpaired) electrons. The number of aryl methyl sites for hydroxylation is 2. The molecule has 3 aromatic rings. The summed E-state index contributed by atoms with van der Waals surface area (Å²) < 4.78 is 17.4. The summed E-state index contributed by atoms with van der Waals surface area (Å²) in [6, 6.07) is 3.97. The standard InChI is InChI=1S/C28H36N4O4S3/c1-17-11-23(19(3)31(17)13-21-7-5-9-35-21)25(33)15-37-27-29-30-28(39-27)38-16-26(34)24-12-18(2)32(20(24)4)14-22-8-6-10-36-22/h11-12,21-22H,5-10,13-16H2,1-4H3/t21-,22+. The highest BCUT2D eigenvalue weighted by atomic mass is 32.2. The number of aromatic nitrogens is 4. The molecule has 0 spiro atoms. The number of carbonyl (C=O) groups excluding carboxylic acids is 2. The molecule has 3 aromatic heterocycles. The summed E-state index contributed by atoms with van der Waals surface area (Å²) in [6.07, 6.45) is 4.81. The lowest BCUT2D eigenvalue weighted by Crippen LogP contribution is -2.17. The van der Waals surface area contributed by atoms with Crippen LogP contribution in [-0.4, -0.2) is 67.8 Å². The first-order chi connectivity index (χ1) is 18.8. The van der Waals surface area contributed by atoms with Gasteiger partial charge in [0.15, 0.2) is 20.2 Å². The maximum Gasteiger partial charge on any atom is 0.175 e. The van der Waals surface area contributed by atoms with Crippen LogP contribution in [0.5, 0.6) is 0 Å². The molecule has 0 bridgehead atoms. The molecular formula is C28H36N4O4S3. The molecule has 0 aromatic carbocycles. The second kappa shape index (κ2) is 12.7. The number of Topliss-reactive ketones (excluding diaryl/α,β-unsaturated/α-hetero) is 2. The van der Waals surface area contributed by atoms with Gasteiger partial charge in [-0.3, -0.25) is 9.59 Å². The van der Waals surface area contributed by atoms with Gasteiger partial charge in [0.1, 0.15) is 0 Å². The number of carbonyl (C=O) groups is 2. The fraction of sp³-hybridized carbons (Fsp3) is 0.571. The van der Waals surface area contributed by atoms with Crippen LogP contribution in [0.3, 0.4) is 0 Å². The van der Waals surface area contributed by atoms with E-state index in [1.807, 2.05) is 39.8 Å². The van der Waals surface area contributed by atoms with Crippen molar-refractivity contribution < 1.29 is 19.1 Å². The zero-order chi connectivity index (χ0) is 27.5. The zero-order valence-corrected chi connectivity index (χ0v) is 25.5. The van der Waals surface area contributed by atoms with Crippen molar-refractivity contribution in [3.8, 4) is 0 Å². The van der Waals surface area contributed by atoms with E-state index in [1.165, 1.54) is 34.9 Å². The van der Waals surface area contributed by atoms with E-state index in [4.69, 9.17) is 9.47 Å². The molecule has 0 aliphatic carbocycles. The number of hydrogen-bond donors (Lipinski definition) is 0. The van der Waals surface area contributed by atoms with Crippen LogP contribution in [0.4, 0.5) is 0 Å². The van der Waals surface area contributed by atoms with Gasteiger partial charge in [0.05, 0.1) is 23.7 Å². The molecule has 0 N–H and O–H groups in total. The normalized spacial score (nSPS) is 19.3. The van der Waals surface area contributed by atoms with Crippen molar-refractivity contribution in [2.24, 2.45) is 0 Å². The molecule has 5 rings (SSSR count). The Morgan fingerprint density at radius 2 is 1.26 bits per heavy atom. The van der Waals surface area contributed by atoms with E-state index in [0.717, 1.165) is 94.6 Å². The van der Waals surface area contributed by atoms with E-state index in [2.05, 4.69) is 19.3 Å². The Morgan fingerprint density at radius 3 is 1.64 bits per heavy atom. The fourth-order valence-corrected chi connectivity index (χ4v) is 8.22. The number of nitrogens with zero attached hydrogens (tertiary/aromatic N) is 4. The number of hydrogen-bond acceptors (Lipinski definition) is 9. The Morgan fingerprint density at radius 1 is 0.821 bits per heavy atom. The Labute approximate surface area is 242 Å². The van der Waals surface area contributed by atoms with Gasteiger partial charge in [0.2, 0.25) is 0 Å². The minimum Gasteiger partial charge on any atom is -0.376 e. The molecule has 0 unspecified atom stereocenters. The lowest BCUT2D eigenvalue weighted by Gasteiger charge is -2.14. The Bertz CT molecular complexity index is 1230. The van der Waals surface area contributed by atoms with Crippen molar-refractivity contribution in [2.75, 3.05) is 24.7 Å². The van der Waals surface area contributed by atoms with Crippen LogP contribution in [0.15, 0.2) is 20.8 Å². The lowest BCUT2D eigenvalue weighted by atomic mass is 10.2. The topological polar surface area (TPSA) is 88.2 Å². The van der Waals surface area contributed by atoms with Gasteiger partial charge in [-0.05, 0) is 65.5 Å². The second-order valence-electron chi connectivity index (χ2n) is 10.3. The van der Waals surface area contributed by atoms with Crippen LogP contribution in [0.1, 0.15) is 69.2 Å². The molecule has 39 heavy (non-hydrogen) atoms. The molecule has 8 nitrogen and oxygen atoms in total. The average Bonchev–Trinajstić information content (AvgIpc) is 3.75. The van der Waals surface area contributed by atoms with E-state index < -0.39 is 0 Å². The number of ether oxygens (including phenoxy) is 2. The van der Waals surface area contributed by atoms with Gasteiger partial charge >= 0.3 is 0 Å². The third-order valence-electron chi connectivity index (χ3n) is 7.61. The summed E-state index contributed by atoms with van der Waals surface area (Å²) in [7, 11) is 0. The molecule has 2 saturated heterocycles. The maximum atomic E-state index is 13.0. The zero-order valence-electron chi connectivity index (χ0n) is 23.0. The number of ketones is 2. The lowest BCUT2D eigenvalue weighted by molar-refractivity contribution is 0.0957. The van der Waals surface area contributed by atoms with Crippen molar-refractivity contribution in [1.29, 1.82) is 0 Å². The Kier molecular flexibility index (Phi) is 9.33. The van der Waals surface area contributed by atoms with Crippen LogP contribution in [0, 0.1) is 27.7 Å². The third-order valence-corrected chi connectivity index (χ3v) is 10.8. The van der Waals surface area contributed by atoms with Crippen LogP contribution >= 0.6 is 34.9 Å². The molecule has 11 heteroatoms. The third kappa shape index (κ3) is 6.70. The molecule has 0 amide bonds. The summed E-state index contributed by atoms with van der Waals surface area (Å²) in [6.45, 7) is 11.4. The highest BCUT2D eigenvalue weighted by Crippen LogP contribution is 2.31. The molecule has 2 aliphatic rings. The molecule has 5 heterocycles. The predicted molar refractivity (Wildman–Crippen MR) is 156 cm³/mol. The fourth-order valence-electron chi connectivity index (χ4n) is 5.44. The van der Waals surface area contributed by atoms with Gasteiger partial charge < -0.3 is 18.6 Å². The number of rotatable bonds is 12. The first-order valence-corrected chi connectivity index (χ1v) is 16.3. The molecule has 0 saturated carbocycles. The minimum atomic E-state index is 0.0876. The molecule has 2 fully saturated rings. The van der Waals surface area contributed by atoms with E-state index in [0.29, 0.717) is 11.5 Å². The highest BCUT2D eigenvalue weighted by Gasteiger charge is 2.23. The number of thioether (sulfide) groups is 2. The van der Waals surface area contributed by atoms with E-state index >= 15 is 0 Å². The first kappa shape index (κ1) is 28.6. The SMILES string of the molecule is Cc1cc(C(=O)CSc2nnc(SCC(=O)c3cc(C)n(C[C@@H]4CCCO4)c3C)s2)c(C)n1C[C@H]1CCCO1. The van der Waals surface area contributed by atoms with Gasteiger partial charge in [-0.1, -0.05) is 34.9 Å². The Hall–Kier alpha value is -1.92. The van der Waals surface area contributed by atoms with Gasteiger partial charge in [0.25, 0.3) is 0 Å². The monoisotopic (exact) mass is 588 g/mol. The van der Waals surface area contributed by atoms with Crippen molar-refractivity contribution in [1.82, 2.24) is 19.3 Å². The summed E-state index contributed by atoms with van der Waals surface area (Å²) in [5, 5.41) is 8.49. The van der Waals surface area contributed by atoms with Crippen molar-refractivity contribution >= 4 is 46.4 Å². The van der Waals surface area contributed by atoms with Crippen LogP contribution in [-0.2, 0) is 22.6 Å². The molecule has 210 valence electrons. The van der Waals surface area contributed by atoms with E-state index in [1.54, 1.807) is 0 Å². The quantitative estimate of drug-likeness (QED) is 0.197. The van der Waals surface area contributed by atoms with E-state index in [9.17, 15) is 9.59 Å². The van der Waals surface area contributed by atoms with Crippen molar-refractivity contribution in [3.05, 3.63) is 46.0 Å². The van der Waals surface area contributed by atoms with Crippen LogP contribution in [0.2, 0.25) is 0 Å². The maximum absolute atomic E-state index is 13.0. The van der Waals surface area contributed by atoms with Crippen LogP contribution < -0.4 is 0 Å². The molecule has 2 atom stereocenters. The van der Waals surface area contributed by atoms with Crippen molar-refractivity contribution in [3.63, 3.8) is 0 Å². The van der Waals surface area contributed by atoms with Crippen molar-refractivity contribution in [2.45, 2.75) is 87.4 Å². The second-order valence-corrected chi connectivity index (χ2v) is 13.7. The summed E-state index contributed by atoms with van der Waals surface area (Å²) in [5.74, 6) is 0.785. The van der Waals surface area contributed by atoms with Gasteiger partial charge in [-0.25, -0.2) is 0 Å².